The second kappa shape index (κ2) is 7.73. The lowest BCUT2D eigenvalue weighted by Crippen LogP contribution is -2.39. The van der Waals surface area contributed by atoms with Crippen molar-refractivity contribution in [3.8, 4) is 0 Å². The highest BCUT2D eigenvalue weighted by Gasteiger charge is 2.34. The van der Waals surface area contributed by atoms with Crippen LogP contribution < -0.4 is 0 Å². The lowest BCUT2D eigenvalue weighted by atomic mass is 9.95. The normalized spacial score (nSPS) is 13.4. The zero-order valence-corrected chi connectivity index (χ0v) is 12.6. The number of hydrogen-bond acceptors (Lipinski definition) is 4. The van der Waals surface area contributed by atoms with Gasteiger partial charge in [-0.2, -0.15) is 0 Å². The van der Waals surface area contributed by atoms with Gasteiger partial charge < -0.3 is 14.6 Å². The maximum absolute atomic E-state index is 11.2. The maximum Gasteiger partial charge on any atom is 0.302 e. The summed E-state index contributed by atoms with van der Waals surface area (Å²) >= 11 is 0. The molecule has 4 nitrogen and oxygen atoms in total. The Balaban J connectivity index is 2.21. The smallest absolute Gasteiger partial charge is 0.302 e. The van der Waals surface area contributed by atoms with E-state index in [-0.39, 0.29) is 13.2 Å². The summed E-state index contributed by atoms with van der Waals surface area (Å²) in [4.78, 5) is 11.2. The number of rotatable bonds is 7. The van der Waals surface area contributed by atoms with Crippen molar-refractivity contribution in [1.29, 1.82) is 0 Å². The van der Waals surface area contributed by atoms with Crippen molar-refractivity contribution in [2.75, 3.05) is 13.2 Å². The van der Waals surface area contributed by atoms with Crippen molar-refractivity contribution in [2.45, 2.75) is 19.1 Å². The van der Waals surface area contributed by atoms with E-state index in [4.69, 9.17) is 9.47 Å². The highest BCUT2D eigenvalue weighted by Crippen LogP contribution is 2.27. The number of carbonyl (C=O) groups excluding carboxylic acids is 1. The Morgan fingerprint density at radius 2 is 1.64 bits per heavy atom. The van der Waals surface area contributed by atoms with E-state index >= 15 is 0 Å². The van der Waals surface area contributed by atoms with Crippen molar-refractivity contribution in [2.24, 2.45) is 0 Å². The quantitative estimate of drug-likeness (QED) is 0.799. The number of benzene rings is 2. The van der Waals surface area contributed by atoms with Gasteiger partial charge in [0.1, 0.15) is 6.61 Å². The minimum absolute atomic E-state index is 0.0321. The molecule has 0 spiro atoms. The second-order valence-electron chi connectivity index (χ2n) is 5.07. The monoisotopic (exact) mass is 300 g/mol. The fraction of sp³-hybridized carbons (Fsp3) is 0.278. The number of hydrogen-bond donors (Lipinski definition) is 1. The first-order valence-electron chi connectivity index (χ1n) is 7.14. The van der Waals surface area contributed by atoms with Crippen molar-refractivity contribution >= 4 is 5.97 Å². The van der Waals surface area contributed by atoms with E-state index in [9.17, 15) is 9.90 Å². The topological polar surface area (TPSA) is 55.8 Å². The molecule has 1 atom stereocenters. The lowest BCUT2D eigenvalue weighted by molar-refractivity contribution is -0.163. The van der Waals surface area contributed by atoms with Gasteiger partial charge >= 0.3 is 5.97 Å². The maximum atomic E-state index is 11.2. The summed E-state index contributed by atoms with van der Waals surface area (Å²) in [6, 6.07) is 19.0. The first-order valence-corrected chi connectivity index (χ1v) is 7.14. The molecule has 2 aromatic rings. The zero-order valence-electron chi connectivity index (χ0n) is 12.6. The Kier molecular flexibility index (Phi) is 5.69. The van der Waals surface area contributed by atoms with Gasteiger partial charge in [-0.05, 0) is 11.1 Å². The Hall–Kier alpha value is -2.17. The highest BCUT2D eigenvalue weighted by molar-refractivity contribution is 5.66. The third-order valence-corrected chi connectivity index (χ3v) is 3.42. The summed E-state index contributed by atoms with van der Waals surface area (Å²) < 4.78 is 11.1. The molecule has 0 aliphatic rings. The molecule has 0 aliphatic carbocycles. The van der Waals surface area contributed by atoms with E-state index in [2.05, 4.69) is 0 Å². The molecule has 22 heavy (non-hydrogen) atoms. The van der Waals surface area contributed by atoms with E-state index in [1.54, 1.807) is 0 Å². The molecule has 0 bridgehead atoms. The second-order valence-corrected chi connectivity index (χ2v) is 5.07. The average Bonchev–Trinajstić information content (AvgIpc) is 2.57. The standard InChI is InChI=1S/C18H20O4/c1-15(20)21-14-18(13-19,17-10-6-3-7-11-17)22-12-16-8-4-2-5-9-16/h2-11,19H,12-14H2,1H3/t18-/m0/s1. The van der Waals surface area contributed by atoms with Crippen LogP contribution in [-0.4, -0.2) is 24.3 Å². The van der Waals surface area contributed by atoms with E-state index in [0.29, 0.717) is 6.61 Å². The van der Waals surface area contributed by atoms with Crippen LogP contribution >= 0.6 is 0 Å². The van der Waals surface area contributed by atoms with E-state index in [1.807, 2.05) is 60.7 Å². The van der Waals surface area contributed by atoms with Gasteiger partial charge in [0.2, 0.25) is 0 Å². The van der Waals surface area contributed by atoms with Crippen LogP contribution in [0.4, 0.5) is 0 Å². The van der Waals surface area contributed by atoms with Gasteiger partial charge in [0.25, 0.3) is 0 Å². The number of aliphatic hydroxyl groups is 1. The molecule has 0 aliphatic heterocycles. The minimum atomic E-state index is -1.07. The Labute approximate surface area is 130 Å². The Morgan fingerprint density at radius 1 is 1.05 bits per heavy atom. The van der Waals surface area contributed by atoms with Crippen molar-refractivity contribution in [3.05, 3.63) is 71.8 Å². The van der Waals surface area contributed by atoms with Crippen LogP contribution in [0, 0.1) is 0 Å². The van der Waals surface area contributed by atoms with Crippen LogP contribution in [0.1, 0.15) is 18.1 Å². The van der Waals surface area contributed by atoms with Gasteiger partial charge in [-0.25, -0.2) is 0 Å². The molecule has 0 heterocycles. The van der Waals surface area contributed by atoms with Crippen molar-refractivity contribution < 1.29 is 19.4 Å². The fourth-order valence-electron chi connectivity index (χ4n) is 2.15. The molecule has 0 aromatic heterocycles. The van der Waals surface area contributed by atoms with E-state index in [0.717, 1.165) is 11.1 Å². The zero-order chi connectivity index (χ0) is 15.8. The van der Waals surface area contributed by atoms with Crippen LogP contribution in [-0.2, 0) is 26.5 Å². The SMILES string of the molecule is CC(=O)OC[C@](CO)(OCc1ccccc1)c1ccccc1. The van der Waals surface area contributed by atoms with Crippen molar-refractivity contribution in [1.82, 2.24) is 0 Å². The van der Waals surface area contributed by atoms with E-state index < -0.39 is 11.6 Å². The minimum Gasteiger partial charge on any atom is -0.462 e. The molecule has 4 heteroatoms. The number of aliphatic hydroxyl groups excluding tert-OH is 1. The van der Waals surface area contributed by atoms with Gasteiger partial charge in [-0.1, -0.05) is 60.7 Å². The molecular weight excluding hydrogens is 280 g/mol. The molecular formula is C18H20O4. The van der Waals surface area contributed by atoms with Crippen LogP contribution in [0.3, 0.4) is 0 Å². The molecule has 2 rings (SSSR count). The fourth-order valence-corrected chi connectivity index (χ4v) is 2.15. The number of carbonyl (C=O) groups is 1. The average molecular weight is 300 g/mol. The third-order valence-electron chi connectivity index (χ3n) is 3.42. The summed E-state index contributed by atoms with van der Waals surface area (Å²) in [5.74, 6) is -0.405. The summed E-state index contributed by atoms with van der Waals surface area (Å²) in [6.07, 6.45) is 0. The Bertz CT molecular complexity index is 583. The molecule has 0 radical (unpaired) electrons. The van der Waals surface area contributed by atoms with Crippen LogP contribution in [0.25, 0.3) is 0 Å². The summed E-state index contributed by atoms with van der Waals surface area (Å²) in [5, 5.41) is 9.90. The van der Waals surface area contributed by atoms with Crippen LogP contribution in [0.5, 0.6) is 0 Å². The third kappa shape index (κ3) is 4.16. The summed E-state index contributed by atoms with van der Waals surface area (Å²) in [5.41, 5.74) is 0.691. The molecule has 2 aromatic carbocycles. The predicted molar refractivity (Wildman–Crippen MR) is 83.1 cm³/mol. The first kappa shape index (κ1) is 16.2. The lowest BCUT2D eigenvalue weighted by Gasteiger charge is -2.32. The Morgan fingerprint density at radius 3 is 2.18 bits per heavy atom. The molecule has 0 unspecified atom stereocenters. The summed E-state index contributed by atoms with van der Waals surface area (Å²) in [7, 11) is 0. The molecule has 0 saturated heterocycles. The molecule has 0 amide bonds. The van der Waals surface area contributed by atoms with Crippen LogP contribution in [0.2, 0.25) is 0 Å². The van der Waals surface area contributed by atoms with E-state index in [1.165, 1.54) is 6.92 Å². The van der Waals surface area contributed by atoms with Gasteiger partial charge in [-0.3, -0.25) is 4.79 Å². The summed E-state index contributed by atoms with van der Waals surface area (Å²) in [6.45, 7) is 1.34. The van der Waals surface area contributed by atoms with Crippen molar-refractivity contribution in [3.63, 3.8) is 0 Å². The molecule has 0 fully saturated rings. The van der Waals surface area contributed by atoms with Gasteiger partial charge in [0, 0.05) is 6.92 Å². The number of esters is 1. The number of ether oxygens (including phenoxy) is 2. The van der Waals surface area contributed by atoms with Gasteiger partial charge in [0.05, 0.1) is 13.2 Å². The predicted octanol–water partition coefficient (Wildman–Crippen LogP) is 2.65. The highest BCUT2D eigenvalue weighted by atomic mass is 16.6. The first-order chi connectivity index (χ1) is 10.7. The molecule has 116 valence electrons. The molecule has 0 saturated carbocycles. The largest absolute Gasteiger partial charge is 0.462 e. The van der Waals surface area contributed by atoms with Crippen LogP contribution in [0.15, 0.2) is 60.7 Å². The van der Waals surface area contributed by atoms with Gasteiger partial charge in [0.15, 0.2) is 5.60 Å². The van der Waals surface area contributed by atoms with Gasteiger partial charge in [-0.15, -0.1) is 0 Å². The molecule has 1 N–H and O–H groups in total.